The van der Waals surface area contributed by atoms with Gasteiger partial charge in [0.05, 0.1) is 19.8 Å². The fourth-order valence-electron chi connectivity index (χ4n) is 2.52. The summed E-state index contributed by atoms with van der Waals surface area (Å²) in [7, 11) is 2.91. The summed E-state index contributed by atoms with van der Waals surface area (Å²) in [5.74, 6) is -0.0225. The van der Waals surface area contributed by atoms with Gasteiger partial charge in [0.2, 0.25) is 0 Å². The fourth-order valence-corrected chi connectivity index (χ4v) is 2.52. The van der Waals surface area contributed by atoms with Crippen molar-refractivity contribution in [3.63, 3.8) is 0 Å². The minimum absolute atomic E-state index is 0.295. The van der Waals surface area contributed by atoms with Crippen LogP contribution in [0.5, 0.6) is 5.75 Å². The Hall–Kier alpha value is -2.88. The van der Waals surface area contributed by atoms with E-state index in [-0.39, 0.29) is 5.82 Å². The Morgan fingerprint density at radius 3 is 2.35 bits per heavy atom. The molecule has 0 amide bonds. The summed E-state index contributed by atoms with van der Waals surface area (Å²) in [6.07, 6.45) is 0. The Kier molecular flexibility index (Phi) is 3.98. The van der Waals surface area contributed by atoms with E-state index in [0.29, 0.717) is 27.8 Å². The van der Waals surface area contributed by atoms with Crippen LogP contribution in [0.3, 0.4) is 0 Å². The van der Waals surface area contributed by atoms with Gasteiger partial charge in [-0.05, 0) is 41.3 Å². The van der Waals surface area contributed by atoms with Crippen molar-refractivity contribution in [3.8, 4) is 16.9 Å². The number of halogens is 1. The van der Waals surface area contributed by atoms with E-state index >= 15 is 0 Å². The van der Waals surface area contributed by atoms with Crippen molar-refractivity contribution < 1.29 is 18.7 Å². The van der Waals surface area contributed by atoms with Gasteiger partial charge in [0, 0.05) is 10.9 Å². The lowest BCUT2D eigenvalue weighted by Gasteiger charge is -2.09. The van der Waals surface area contributed by atoms with Gasteiger partial charge in [-0.25, -0.2) is 9.18 Å². The Balaban J connectivity index is 2.06. The summed E-state index contributed by atoms with van der Waals surface area (Å²) in [6.45, 7) is 0. The molecule has 0 saturated heterocycles. The van der Waals surface area contributed by atoms with E-state index in [1.165, 1.54) is 7.11 Å². The van der Waals surface area contributed by atoms with Crippen molar-refractivity contribution >= 4 is 16.7 Å². The molecule has 0 spiro atoms. The van der Waals surface area contributed by atoms with Gasteiger partial charge in [-0.15, -0.1) is 0 Å². The molecule has 0 fully saturated rings. The lowest BCUT2D eigenvalue weighted by atomic mass is 9.99. The molecule has 0 heterocycles. The molecule has 3 nitrogen and oxygen atoms in total. The van der Waals surface area contributed by atoms with Crippen molar-refractivity contribution in [3.05, 3.63) is 66.0 Å². The molecule has 0 atom stereocenters. The lowest BCUT2D eigenvalue weighted by molar-refractivity contribution is 0.0601. The number of benzene rings is 3. The van der Waals surface area contributed by atoms with Gasteiger partial charge < -0.3 is 9.47 Å². The van der Waals surface area contributed by atoms with Gasteiger partial charge in [-0.3, -0.25) is 0 Å². The third kappa shape index (κ3) is 2.75. The number of carbonyl (C=O) groups is 1. The summed E-state index contributed by atoms with van der Waals surface area (Å²) in [4.78, 5) is 11.5. The van der Waals surface area contributed by atoms with Gasteiger partial charge in [0.25, 0.3) is 0 Å². The minimum atomic E-state index is -0.414. The van der Waals surface area contributed by atoms with Crippen LogP contribution >= 0.6 is 0 Å². The van der Waals surface area contributed by atoms with Gasteiger partial charge in [0.15, 0.2) is 0 Å². The van der Waals surface area contributed by atoms with Crippen LogP contribution in [0.4, 0.5) is 4.39 Å². The molecule has 23 heavy (non-hydrogen) atoms. The summed E-state index contributed by atoms with van der Waals surface area (Å²) in [5.41, 5.74) is 1.62. The second kappa shape index (κ2) is 6.08. The first-order valence-corrected chi connectivity index (χ1v) is 7.09. The van der Waals surface area contributed by atoms with E-state index in [1.807, 2.05) is 6.07 Å². The molecule has 0 aromatic heterocycles. The van der Waals surface area contributed by atoms with E-state index in [0.717, 1.165) is 5.39 Å². The molecule has 0 unspecified atom stereocenters. The molecule has 0 aliphatic heterocycles. The average molecular weight is 310 g/mol. The van der Waals surface area contributed by atoms with Crippen LogP contribution in [-0.2, 0) is 4.74 Å². The van der Waals surface area contributed by atoms with Crippen LogP contribution in [0.1, 0.15) is 10.4 Å². The highest BCUT2D eigenvalue weighted by Crippen LogP contribution is 2.31. The third-order valence-electron chi connectivity index (χ3n) is 3.78. The molecule has 3 rings (SSSR count). The van der Waals surface area contributed by atoms with Crippen LogP contribution in [-0.4, -0.2) is 20.2 Å². The van der Waals surface area contributed by atoms with E-state index < -0.39 is 5.97 Å². The lowest BCUT2D eigenvalue weighted by Crippen LogP contribution is -2.00. The second-order valence-corrected chi connectivity index (χ2v) is 5.08. The molecule has 116 valence electrons. The third-order valence-corrected chi connectivity index (χ3v) is 3.78. The number of rotatable bonds is 3. The number of methoxy groups -OCH3 is 2. The van der Waals surface area contributed by atoms with Crippen LogP contribution < -0.4 is 4.74 Å². The highest BCUT2D eigenvalue weighted by Gasteiger charge is 2.11. The van der Waals surface area contributed by atoms with E-state index in [1.54, 1.807) is 55.6 Å². The maximum Gasteiger partial charge on any atom is 0.337 e. The first-order valence-electron chi connectivity index (χ1n) is 7.09. The topological polar surface area (TPSA) is 35.5 Å². The Morgan fingerprint density at radius 2 is 1.70 bits per heavy atom. The number of ether oxygens (including phenoxy) is 2. The maximum absolute atomic E-state index is 14.8. The van der Waals surface area contributed by atoms with Crippen molar-refractivity contribution in [2.24, 2.45) is 0 Å². The fraction of sp³-hybridized carbons (Fsp3) is 0.105. The van der Waals surface area contributed by atoms with E-state index in [9.17, 15) is 9.18 Å². The van der Waals surface area contributed by atoms with Gasteiger partial charge in [-0.1, -0.05) is 24.3 Å². The van der Waals surface area contributed by atoms with E-state index in [4.69, 9.17) is 4.74 Å². The highest BCUT2D eigenvalue weighted by atomic mass is 19.1. The standard InChI is InChI=1S/C19H15FO3/c1-22-15-8-10-17-14(11-15)7-9-16(18(17)20)12-3-5-13(6-4-12)19(21)23-2/h3-11H,1-2H3. The summed E-state index contributed by atoms with van der Waals surface area (Å²) in [5, 5.41) is 1.30. The number of esters is 1. The van der Waals surface area contributed by atoms with Gasteiger partial charge in [0.1, 0.15) is 11.6 Å². The van der Waals surface area contributed by atoms with Crippen molar-refractivity contribution in [2.45, 2.75) is 0 Å². The maximum atomic E-state index is 14.8. The molecule has 0 bridgehead atoms. The molecule has 4 heteroatoms. The molecule has 0 aliphatic carbocycles. The number of hydrogen-bond donors (Lipinski definition) is 0. The zero-order valence-corrected chi connectivity index (χ0v) is 12.8. The predicted molar refractivity (Wildman–Crippen MR) is 87.2 cm³/mol. The Labute approximate surface area is 133 Å². The molecule has 0 aliphatic rings. The van der Waals surface area contributed by atoms with Crippen LogP contribution in [0.25, 0.3) is 21.9 Å². The molecule has 3 aromatic rings. The highest BCUT2D eigenvalue weighted by molar-refractivity contribution is 5.91. The summed E-state index contributed by atoms with van der Waals surface area (Å²) >= 11 is 0. The zero-order chi connectivity index (χ0) is 16.4. The number of fused-ring (bicyclic) bond motifs is 1. The Bertz CT molecular complexity index is 870. The quantitative estimate of drug-likeness (QED) is 0.671. The molecule has 0 radical (unpaired) electrons. The molecular formula is C19H15FO3. The van der Waals surface area contributed by atoms with Crippen molar-refractivity contribution in [1.82, 2.24) is 0 Å². The number of hydrogen-bond acceptors (Lipinski definition) is 3. The van der Waals surface area contributed by atoms with Crippen molar-refractivity contribution in [1.29, 1.82) is 0 Å². The SMILES string of the molecule is COC(=O)c1ccc(-c2ccc3cc(OC)ccc3c2F)cc1. The zero-order valence-electron chi connectivity index (χ0n) is 12.8. The van der Waals surface area contributed by atoms with Gasteiger partial charge >= 0.3 is 5.97 Å². The monoisotopic (exact) mass is 310 g/mol. The number of carbonyl (C=O) groups excluding carboxylic acids is 1. The van der Waals surface area contributed by atoms with Crippen LogP contribution in [0, 0.1) is 5.82 Å². The average Bonchev–Trinajstić information content (AvgIpc) is 2.61. The van der Waals surface area contributed by atoms with E-state index in [2.05, 4.69) is 4.74 Å². The molecular weight excluding hydrogens is 295 g/mol. The summed E-state index contributed by atoms with van der Waals surface area (Å²) in [6, 6.07) is 15.5. The summed E-state index contributed by atoms with van der Waals surface area (Å²) < 4.78 is 24.6. The molecule has 0 saturated carbocycles. The largest absolute Gasteiger partial charge is 0.497 e. The second-order valence-electron chi connectivity index (χ2n) is 5.08. The van der Waals surface area contributed by atoms with Crippen LogP contribution in [0.15, 0.2) is 54.6 Å². The smallest absolute Gasteiger partial charge is 0.337 e. The van der Waals surface area contributed by atoms with Gasteiger partial charge in [-0.2, -0.15) is 0 Å². The first kappa shape index (κ1) is 15.0. The van der Waals surface area contributed by atoms with Crippen LogP contribution in [0.2, 0.25) is 0 Å². The minimum Gasteiger partial charge on any atom is -0.497 e. The first-order chi connectivity index (χ1) is 11.1. The molecule has 3 aromatic carbocycles. The predicted octanol–water partition coefficient (Wildman–Crippen LogP) is 4.44. The molecule has 0 N–H and O–H groups in total. The normalized spacial score (nSPS) is 10.6. The Morgan fingerprint density at radius 1 is 0.957 bits per heavy atom. The van der Waals surface area contributed by atoms with Crippen molar-refractivity contribution in [2.75, 3.05) is 14.2 Å².